The van der Waals surface area contributed by atoms with Crippen LogP contribution in [0.3, 0.4) is 0 Å². The first-order valence-electron chi connectivity index (χ1n) is 7.10. The minimum absolute atomic E-state index is 0.227. The molecule has 0 bridgehead atoms. The molecule has 1 aliphatic rings. The molecule has 0 aliphatic carbocycles. The molecule has 1 heterocycles. The molecule has 2 atom stereocenters. The molecule has 116 valence electrons. The van der Waals surface area contributed by atoms with Crippen molar-refractivity contribution in [2.24, 2.45) is 5.73 Å². The number of nitrogens with two attached hydrogens (primary N) is 1. The molecule has 1 aromatic rings. The van der Waals surface area contributed by atoms with Crippen LogP contribution in [0.25, 0.3) is 0 Å². The summed E-state index contributed by atoms with van der Waals surface area (Å²) in [5, 5.41) is 10.7. The van der Waals surface area contributed by atoms with Crippen molar-refractivity contribution in [3.05, 3.63) is 34.9 Å². The number of carbonyl (C=O) groups is 1. The van der Waals surface area contributed by atoms with Crippen LogP contribution < -0.4 is 5.73 Å². The molecule has 21 heavy (non-hydrogen) atoms. The first-order chi connectivity index (χ1) is 10.1. The van der Waals surface area contributed by atoms with Crippen molar-refractivity contribution in [2.45, 2.75) is 31.6 Å². The van der Waals surface area contributed by atoms with E-state index in [1.807, 2.05) is 17.0 Å². The minimum atomic E-state index is -0.628. The predicted octanol–water partition coefficient (Wildman–Crippen LogP) is 1.17. The zero-order valence-electron chi connectivity index (χ0n) is 11.9. The minimum Gasteiger partial charge on any atom is -0.389 e. The van der Waals surface area contributed by atoms with Crippen molar-refractivity contribution in [3.8, 4) is 0 Å². The molecule has 1 fully saturated rings. The van der Waals surface area contributed by atoms with Crippen molar-refractivity contribution in [2.75, 3.05) is 19.7 Å². The van der Waals surface area contributed by atoms with Crippen LogP contribution in [0.5, 0.6) is 0 Å². The molecule has 0 radical (unpaired) electrons. The van der Waals surface area contributed by atoms with Gasteiger partial charge in [0.05, 0.1) is 25.4 Å². The van der Waals surface area contributed by atoms with E-state index >= 15 is 0 Å². The summed E-state index contributed by atoms with van der Waals surface area (Å²) in [6.45, 7) is 1.86. The molecule has 0 saturated carbocycles. The molecular weight excluding hydrogens is 292 g/mol. The van der Waals surface area contributed by atoms with Gasteiger partial charge in [-0.25, -0.2) is 0 Å². The fourth-order valence-corrected chi connectivity index (χ4v) is 2.71. The standard InChI is InChI=1S/C15H21ClN2O3/c16-12-5-3-11(4-6-12)9-21-10-13(19)8-18-7-1-2-14(18)15(17)20/h3-6,13-14,19H,1-2,7-10H2,(H2,17,20)/t13-,14+/m1/s1. The number of rotatable bonds is 7. The van der Waals surface area contributed by atoms with Crippen LogP contribution in [-0.2, 0) is 16.1 Å². The molecule has 0 aromatic heterocycles. The second-order valence-electron chi connectivity index (χ2n) is 5.35. The van der Waals surface area contributed by atoms with Gasteiger partial charge in [-0.05, 0) is 37.1 Å². The van der Waals surface area contributed by atoms with Crippen LogP contribution in [0.2, 0.25) is 5.02 Å². The predicted molar refractivity (Wildman–Crippen MR) is 80.9 cm³/mol. The molecule has 5 nitrogen and oxygen atoms in total. The molecule has 3 N–H and O–H groups in total. The summed E-state index contributed by atoms with van der Waals surface area (Å²) in [6.07, 6.45) is 1.08. The molecule has 1 amide bonds. The summed E-state index contributed by atoms with van der Waals surface area (Å²) in [4.78, 5) is 13.2. The highest BCUT2D eigenvalue weighted by Crippen LogP contribution is 2.17. The van der Waals surface area contributed by atoms with E-state index in [0.717, 1.165) is 24.9 Å². The Hall–Kier alpha value is -1.14. The summed E-state index contributed by atoms with van der Waals surface area (Å²) >= 11 is 5.81. The maximum absolute atomic E-state index is 11.3. The lowest BCUT2D eigenvalue weighted by Gasteiger charge is -2.24. The van der Waals surface area contributed by atoms with Gasteiger partial charge in [0.1, 0.15) is 0 Å². The number of nitrogens with zero attached hydrogens (tertiary/aromatic N) is 1. The van der Waals surface area contributed by atoms with E-state index < -0.39 is 6.10 Å². The normalized spacial score (nSPS) is 20.6. The lowest BCUT2D eigenvalue weighted by Crippen LogP contribution is -2.44. The van der Waals surface area contributed by atoms with Gasteiger partial charge in [-0.2, -0.15) is 0 Å². The summed E-state index contributed by atoms with van der Waals surface area (Å²) in [7, 11) is 0. The number of aliphatic hydroxyl groups excluding tert-OH is 1. The van der Waals surface area contributed by atoms with Crippen molar-refractivity contribution >= 4 is 17.5 Å². The second-order valence-corrected chi connectivity index (χ2v) is 5.79. The third kappa shape index (κ3) is 4.97. The number of amides is 1. The Balaban J connectivity index is 1.71. The van der Waals surface area contributed by atoms with Crippen molar-refractivity contribution < 1.29 is 14.6 Å². The SMILES string of the molecule is NC(=O)[C@@H]1CCCN1C[C@@H](O)COCc1ccc(Cl)cc1. The molecular formula is C15H21ClN2O3. The number of halogens is 1. The quantitative estimate of drug-likeness (QED) is 0.792. The van der Waals surface area contributed by atoms with Gasteiger partial charge < -0.3 is 15.6 Å². The van der Waals surface area contributed by atoms with Gasteiger partial charge in [-0.15, -0.1) is 0 Å². The van der Waals surface area contributed by atoms with Gasteiger partial charge in [0.2, 0.25) is 5.91 Å². The number of likely N-dealkylation sites (tertiary alicyclic amines) is 1. The molecule has 1 aromatic carbocycles. The largest absolute Gasteiger partial charge is 0.389 e. The van der Waals surface area contributed by atoms with Crippen molar-refractivity contribution in [3.63, 3.8) is 0 Å². The Morgan fingerprint density at radius 2 is 2.19 bits per heavy atom. The van der Waals surface area contributed by atoms with E-state index in [0.29, 0.717) is 18.2 Å². The van der Waals surface area contributed by atoms with Crippen molar-refractivity contribution in [1.29, 1.82) is 0 Å². The van der Waals surface area contributed by atoms with E-state index in [1.54, 1.807) is 12.1 Å². The highest BCUT2D eigenvalue weighted by molar-refractivity contribution is 6.30. The summed E-state index contributed by atoms with van der Waals surface area (Å²) < 4.78 is 5.49. The van der Waals surface area contributed by atoms with E-state index in [-0.39, 0.29) is 18.6 Å². The first kappa shape index (κ1) is 16.2. The Labute approximate surface area is 129 Å². The Kier molecular flexibility index (Phi) is 5.99. The molecule has 0 spiro atoms. The fraction of sp³-hybridized carbons (Fsp3) is 0.533. The van der Waals surface area contributed by atoms with Crippen LogP contribution in [0.1, 0.15) is 18.4 Å². The molecule has 1 aliphatic heterocycles. The topological polar surface area (TPSA) is 75.8 Å². The maximum atomic E-state index is 11.3. The van der Waals surface area contributed by atoms with Crippen LogP contribution in [0.15, 0.2) is 24.3 Å². The average Bonchev–Trinajstić information content (AvgIpc) is 2.89. The second kappa shape index (κ2) is 7.75. The Morgan fingerprint density at radius 3 is 2.86 bits per heavy atom. The molecule has 0 unspecified atom stereocenters. The van der Waals surface area contributed by atoms with Gasteiger partial charge in [-0.1, -0.05) is 23.7 Å². The van der Waals surface area contributed by atoms with E-state index in [1.165, 1.54) is 0 Å². The lowest BCUT2D eigenvalue weighted by atomic mass is 10.2. The Bertz CT molecular complexity index is 466. The number of ether oxygens (including phenoxy) is 1. The Morgan fingerprint density at radius 1 is 1.48 bits per heavy atom. The van der Waals surface area contributed by atoms with E-state index in [9.17, 15) is 9.90 Å². The van der Waals surface area contributed by atoms with Crippen LogP contribution in [-0.4, -0.2) is 47.8 Å². The highest BCUT2D eigenvalue weighted by atomic mass is 35.5. The van der Waals surface area contributed by atoms with E-state index in [4.69, 9.17) is 22.1 Å². The monoisotopic (exact) mass is 312 g/mol. The van der Waals surface area contributed by atoms with Gasteiger partial charge in [-0.3, -0.25) is 9.69 Å². The summed E-state index contributed by atoms with van der Waals surface area (Å²) in [5.41, 5.74) is 6.35. The smallest absolute Gasteiger partial charge is 0.234 e. The number of β-amino-alcohol motifs (C(OH)–C–C–N with tert-alkyl or cyclic N) is 1. The highest BCUT2D eigenvalue weighted by Gasteiger charge is 2.30. The average molecular weight is 313 g/mol. The fourth-order valence-electron chi connectivity index (χ4n) is 2.58. The zero-order valence-corrected chi connectivity index (χ0v) is 12.6. The van der Waals surface area contributed by atoms with Crippen LogP contribution in [0.4, 0.5) is 0 Å². The molecule has 6 heteroatoms. The third-order valence-electron chi connectivity index (χ3n) is 3.63. The number of carbonyl (C=O) groups excluding carboxylic acids is 1. The van der Waals surface area contributed by atoms with Gasteiger partial charge in [0.15, 0.2) is 0 Å². The van der Waals surface area contributed by atoms with Crippen molar-refractivity contribution in [1.82, 2.24) is 4.90 Å². The number of hydrogen-bond acceptors (Lipinski definition) is 4. The van der Waals surface area contributed by atoms with Gasteiger partial charge in [0, 0.05) is 11.6 Å². The van der Waals surface area contributed by atoms with Crippen LogP contribution >= 0.6 is 11.6 Å². The summed E-state index contributed by atoms with van der Waals surface area (Å²) in [5.74, 6) is -0.318. The van der Waals surface area contributed by atoms with Crippen LogP contribution in [0, 0.1) is 0 Å². The molecule has 1 saturated heterocycles. The third-order valence-corrected chi connectivity index (χ3v) is 3.88. The van der Waals surface area contributed by atoms with Gasteiger partial charge in [0.25, 0.3) is 0 Å². The summed E-state index contributed by atoms with van der Waals surface area (Å²) in [6, 6.07) is 7.13. The first-order valence-corrected chi connectivity index (χ1v) is 7.47. The number of hydrogen-bond donors (Lipinski definition) is 2. The number of aliphatic hydroxyl groups is 1. The maximum Gasteiger partial charge on any atom is 0.234 e. The lowest BCUT2D eigenvalue weighted by molar-refractivity contribution is -0.122. The molecule has 2 rings (SSSR count). The van der Waals surface area contributed by atoms with Gasteiger partial charge >= 0.3 is 0 Å². The number of benzene rings is 1. The number of primary amides is 1. The zero-order chi connectivity index (χ0) is 15.2. The van der Waals surface area contributed by atoms with E-state index in [2.05, 4.69) is 0 Å².